The molecule has 1 amide bonds. The third-order valence-electron chi connectivity index (χ3n) is 2.91. The first kappa shape index (κ1) is 13.6. The fourth-order valence-electron chi connectivity index (χ4n) is 1.92. The summed E-state index contributed by atoms with van der Waals surface area (Å²) in [4.78, 5) is 38.1. The Hall–Kier alpha value is -2.81. The minimum Gasteiger partial charge on any atom is -0.341 e. The highest BCUT2D eigenvalue weighted by Crippen LogP contribution is 2.09. The number of rotatable bonds is 3. The van der Waals surface area contributed by atoms with Crippen LogP contribution in [0.3, 0.4) is 0 Å². The molecule has 1 aromatic carbocycles. The highest BCUT2D eigenvalue weighted by molar-refractivity contribution is 5.97. The number of aromatic nitrogens is 2. The fraction of sp³-hybridized carbons (Fsp3) is 0.214. The van der Waals surface area contributed by atoms with Gasteiger partial charge in [-0.2, -0.15) is 0 Å². The number of hydrogen-bond donors (Lipinski definition) is 2. The number of carbonyl (C=O) groups is 1. The van der Waals surface area contributed by atoms with Gasteiger partial charge in [-0.15, -0.1) is 6.42 Å². The molecule has 0 saturated carbocycles. The van der Waals surface area contributed by atoms with Gasteiger partial charge in [0.05, 0.1) is 17.4 Å². The quantitative estimate of drug-likeness (QED) is 0.775. The monoisotopic (exact) mass is 271 g/mol. The lowest BCUT2D eigenvalue weighted by atomic mass is 10.1. The number of H-pyrrole nitrogens is 1. The van der Waals surface area contributed by atoms with E-state index in [1.54, 1.807) is 6.92 Å². The summed E-state index contributed by atoms with van der Waals surface area (Å²) in [5.74, 6) is 1.94. The van der Waals surface area contributed by atoms with E-state index in [9.17, 15) is 14.4 Å². The van der Waals surface area contributed by atoms with Crippen LogP contribution in [0, 0.1) is 12.3 Å². The van der Waals surface area contributed by atoms with Crippen molar-refractivity contribution in [1.29, 1.82) is 0 Å². The van der Waals surface area contributed by atoms with Gasteiger partial charge in [-0.1, -0.05) is 5.92 Å². The fourth-order valence-corrected chi connectivity index (χ4v) is 1.92. The third-order valence-corrected chi connectivity index (χ3v) is 2.91. The molecule has 0 aliphatic carbocycles. The van der Waals surface area contributed by atoms with Crippen LogP contribution in [0.15, 0.2) is 27.8 Å². The van der Waals surface area contributed by atoms with Crippen LogP contribution in [0.25, 0.3) is 10.9 Å². The van der Waals surface area contributed by atoms with Crippen LogP contribution in [0.1, 0.15) is 17.3 Å². The number of hydrogen-bond acceptors (Lipinski definition) is 3. The average Bonchev–Trinajstić information content (AvgIpc) is 2.44. The first-order valence-corrected chi connectivity index (χ1v) is 6.07. The highest BCUT2D eigenvalue weighted by atomic mass is 16.2. The van der Waals surface area contributed by atoms with Crippen molar-refractivity contribution in [1.82, 2.24) is 14.9 Å². The Kier molecular flexibility index (Phi) is 3.71. The topological polar surface area (TPSA) is 84.0 Å². The van der Waals surface area contributed by atoms with E-state index in [0.717, 1.165) is 4.57 Å². The summed E-state index contributed by atoms with van der Waals surface area (Å²) >= 11 is 0. The second kappa shape index (κ2) is 5.45. The van der Waals surface area contributed by atoms with E-state index >= 15 is 0 Å². The molecule has 0 bridgehead atoms. The molecule has 0 atom stereocenters. The number of terminal acetylenes is 1. The molecule has 0 aliphatic heterocycles. The van der Waals surface area contributed by atoms with Gasteiger partial charge >= 0.3 is 5.69 Å². The summed E-state index contributed by atoms with van der Waals surface area (Å²) in [6.45, 7) is 2.11. The van der Waals surface area contributed by atoms with Crippen LogP contribution < -0.4 is 16.6 Å². The zero-order valence-corrected chi connectivity index (χ0v) is 10.9. The van der Waals surface area contributed by atoms with Crippen LogP contribution >= 0.6 is 0 Å². The molecule has 2 N–H and O–H groups in total. The van der Waals surface area contributed by atoms with Crippen molar-refractivity contribution in [3.63, 3.8) is 0 Å². The number of fused-ring (bicyclic) bond motifs is 1. The van der Waals surface area contributed by atoms with Crippen molar-refractivity contribution in [2.24, 2.45) is 0 Å². The number of amides is 1. The number of nitrogens with zero attached hydrogens (tertiary/aromatic N) is 1. The average molecular weight is 271 g/mol. The molecular weight excluding hydrogens is 258 g/mol. The molecule has 1 heterocycles. The zero-order chi connectivity index (χ0) is 14.7. The van der Waals surface area contributed by atoms with Crippen molar-refractivity contribution in [3.8, 4) is 12.3 Å². The lowest BCUT2D eigenvalue weighted by Gasteiger charge is -2.06. The molecule has 0 radical (unpaired) electrons. The minimum atomic E-state index is -0.494. The summed E-state index contributed by atoms with van der Waals surface area (Å²) in [5, 5.41) is 2.88. The predicted molar refractivity (Wildman–Crippen MR) is 75.7 cm³/mol. The minimum absolute atomic E-state index is 0.116. The molecule has 0 saturated heterocycles. The largest absolute Gasteiger partial charge is 0.341 e. The van der Waals surface area contributed by atoms with E-state index in [2.05, 4.69) is 16.2 Å². The van der Waals surface area contributed by atoms with Gasteiger partial charge in [0, 0.05) is 12.1 Å². The van der Waals surface area contributed by atoms with Gasteiger partial charge in [-0.25, -0.2) is 4.79 Å². The van der Waals surface area contributed by atoms with Crippen LogP contribution in [0.4, 0.5) is 0 Å². The summed E-state index contributed by atoms with van der Waals surface area (Å²) in [5.41, 5.74) is -0.205. The van der Waals surface area contributed by atoms with Gasteiger partial charge in [0.1, 0.15) is 0 Å². The van der Waals surface area contributed by atoms with E-state index in [1.165, 1.54) is 18.2 Å². The smallest absolute Gasteiger partial charge is 0.328 e. The Labute approximate surface area is 114 Å². The molecule has 6 heteroatoms. The first-order chi connectivity index (χ1) is 9.58. The third kappa shape index (κ3) is 2.34. The number of aromatic amines is 1. The SMILES string of the molecule is C#CCNC(=O)c1ccc2c(=O)n(CC)c(=O)[nH]c2c1. The summed E-state index contributed by atoms with van der Waals surface area (Å²) in [6, 6.07) is 4.50. The van der Waals surface area contributed by atoms with E-state index in [4.69, 9.17) is 6.42 Å². The van der Waals surface area contributed by atoms with Crippen LogP contribution in [-0.2, 0) is 6.54 Å². The molecule has 6 nitrogen and oxygen atoms in total. The van der Waals surface area contributed by atoms with Crippen molar-refractivity contribution >= 4 is 16.8 Å². The second-order valence-electron chi connectivity index (χ2n) is 4.13. The molecule has 2 aromatic rings. The molecule has 2 rings (SSSR count). The molecule has 0 unspecified atom stereocenters. The van der Waals surface area contributed by atoms with E-state index < -0.39 is 5.69 Å². The second-order valence-corrected chi connectivity index (χ2v) is 4.13. The number of nitrogens with one attached hydrogen (secondary N) is 2. The molecule has 0 spiro atoms. The molecule has 20 heavy (non-hydrogen) atoms. The summed E-state index contributed by atoms with van der Waals surface area (Å²) in [7, 11) is 0. The van der Waals surface area contributed by atoms with Gasteiger partial charge in [0.15, 0.2) is 0 Å². The molecule has 1 aromatic heterocycles. The van der Waals surface area contributed by atoms with Crippen molar-refractivity contribution in [2.45, 2.75) is 13.5 Å². The highest BCUT2D eigenvalue weighted by Gasteiger charge is 2.10. The zero-order valence-electron chi connectivity index (χ0n) is 10.9. The predicted octanol–water partition coefficient (Wildman–Crippen LogP) is 0.0727. The molecular formula is C14H13N3O3. The van der Waals surface area contributed by atoms with Crippen LogP contribution in [0.2, 0.25) is 0 Å². The Balaban J connectivity index is 2.57. The Morgan fingerprint density at radius 3 is 2.85 bits per heavy atom. The van der Waals surface area contributed by atoms with Crippen molar-refractivity contribution < 1.29 is 4.79 Å². The van der Waals surface area contributed by atoms with Gasteiger partial charge < -0.3 is 10.3 Å². The summed E-state index contributed by atoms with van der Waals surface area (Å²) < 4.78 is 1.10. The lowest BCUT2D eigenvalue weighted by molar-refractivity contribution is 0.0959. The maximum atomic E-state index is 12.0. The van der Waals surface area contributed by atoms with Crippen LogP contribution in [-0.4, -0.2) is 22.0 Å². The van der Waals surface area contributed by atoms with Gasteiger partial charge in [-0.3, -0.25) is 14.2 Å². The maximum Gasteiger partial charge on any atom is 0.328 e. The van der Waals surface area contributed by atoms with E-state index in [1.807, 2.05) is 0 Å². The molecule has 0 fully saturated rings. The number of carbonyl (C=O) groups excluding carboxylic acids is 1. The maximum absolute atomic E-state index is 12.0. The van der Waals surface area contributed by atoms with E-state index in [0.29, 0.717) is 16.5 Å². The normalized spacial score (nSPS) is 10.2. The summed E-state index contributed by atoms with van der Waals surface area (Å²) in [6.07, 6.45) is 5.06. The Morgan fingerprint density at radius 1 is 1.45 bits per heavy atom. The number of benzene rings is 1. The molecule has 0 aliphatic rings. The standard InChI is InChI=1S/C14H13N3O3/c1-3-7-15-12(18)9-5-6-10-11(8-9)16-14(20)17(4-2)13(10)19/h1,5-6,8H,4,7H2,2H3,(H,15,18)(H,16,20). The van der Waals surface area contributed by atoms with Crippen molar-refractivity contribution in [3.05, 3.63) is 44.6 Å². The van der Waals surface area contributed by atoms with Gasteiger partial charge in [0.25, 0.3) is 11.5 Å². The van der Waals surface area contributed by atoms with E-state index in [-0.39, 0.29) is 24.6 Å². The first-order valence-electron chi connectivity index (χ1n) is 6.07. The van der Waals surface area contributed by atoms with Gasteiger partial charge in [0.2, 0.25) is 0 Å². The molecule has 102 valence electrons. The Morgan fingerprint density at radius 2 is 2.20 bits per heavy atom. The van der Waals surface area contributed by atoms with Crippen LogP contribution in [0.5, 0.6) is 0 Å². The van der Waals surface area contributed by atoms with Crippen molar-refractivity contribution in [2.75, 3.05) is 6.54 Å². The lowest BCUT2D eigenvalue weighted by Crippen LogP contribution is -2.34. The Bertz CT molecular complexity index is 824. The van der Waals surface area contributed by atoms with Gasteiger partial charge in [-0.05, 0) is 25.1 Å².